The Morgan fingerprint density at radius 2 is 1.57 bits per heavy atom. The van der Waals surface area contributed by atoms with Crippen molar-refractivity contribution in [2.45, 2.75) is 25.9 Å². The molecule has 4 aromatic rings. The molecule has 6 heteroatoms. The molecule has 0 aliphatic heterocycles. The van der Waals surface area contributed by atoms with Crippen LogP contribution in [0.15, 0.2) is 102 Å². The van der Waals surface area contributed by atoms with E-state index in [-0.39, 0.29) is 30.0 Å². The Morgan fingerprint density at radius 1 is 0.886 bits per heavy atom. The maximum atomic E-state index is 13.2. The first-order valence-electron chi connectivity index (χ1n) is 11.4. The monoisotopic (exact) mass is 468 g/mol. The summed E-state index contributed by atoms with van der Waals surface area (Å²) in [7, 11) is 1.62. The van der Waals surface area contributed by atoms with Gasteiger partial charge in [-0.3, -0.25) is 9.59 Å². The van der Waals surface area contributed by atoms with E-state index in [1.807, 2.05) is 85.8 Å². The maximum absolute atomic E-state index is 13.2. The summed E-state index contributed by atoms with van der Waals surface area (Å²) in [6.07, 6.45) is 1.74. The van der Waals surface area contributed by atoms with Crippen LogP contribution in [0.3, 0.4) is 0 Å². The molecule has 3 aromatic carbocycles. The Morgan fingerprint density at radius 3 is 2.20 bits per heavy atom. The van der Waals surface area contributed by atoms with Gasteiger partial charge >= 0.3 is 0 Å². The molecule has 0 aliphatic carbocycles. The highest BCUT2D eigenvalue weighted by molar-refractivity contribution is 6.04. The van der Waals surface area contributed by atoms with Gasteiger partial charge in [-0.2, -0.15) is 0 Å². The lowest BCUT2D eigenvalue weighted by Gasteiger charge is -2.22. The third kappa shape index (κ3) is 6.18. The first kappa shape index (κ1) is 23.8. The highest BCUT2D eigenvalue weighted by Gasteiger charge is 2.21. The smallest absolute Gasteiger partial charge is 0.294 e. The van der Waals surface area contributed by atoms with E-state index in [4.69, 9.17) is 9.15 Å². The van der Waals surface area contributed by atoms with Gasteiger partial charge in [-0.1, -0.05) is 54.6 Å². The summed E-state index contributed by atoms with van der Waals surface area (Å²) in [5, 5.41) is 3.03. The predicted octanol–water partition coefficient (Wildman–Crippen LogP) is 5.56. The minimum Gasteiger partial charge on any atom is -0.497 e. The fourth-order valence-electron chi connectivity index (χ4n) is 3.82. The Balaban J connectivity index is 1.47. The number of nitrogens with one attached hydrogen (secondary N) is 1. The van der Waals surface area contributed by atoms with Gasteiger partial charge in [-0.15, -0.1) is 0 Å². The second kappa shape index (κ2) is 11.2. The number of amides is 2. The topological polar surface area (TPSA) is 71.8 Å². The number of ether oxygens (including phenoxy) is 1. The second-order valence-corrected chi connectivity index (χ2v) is 8.26. The summed E-state index contributed by atoms with van der Waals surface area (Å²) >= 11 is 0. The molecule has 1 atom stereocenters. The Bertz CT molecular complexity index is 1230. The van der Waals surface area contributed by atoms with E-state index < -0.39 is 0 Å². The number of hydrogen-bond acceptors (Lipinski definition) is 4. The molecule has 0 aliphatic rings. The van der Waals surface area contributed by atoms with E-state index in [1.54, 1.807) is 24.1 Å². The fourth-order valence-corrected chi connectivity index (χ4v) is 3.82. The minimum atomic E-state index is -0.243. The summed E-state index contributed by atoms with van der Waals surface area (Å²) in [4.78, 5) is 27.4. The van der Waals surface area contributed by atoms with Crippen molar-refractivity contribution in [2.24, 2.45) is 0 Å². The Labute approximate surface area is 205 Å². The van der Waals surface area contributed by atoms with E-state index >= 15 is 0 Å². The third-order valence-corrected chi connectivity index (χ3v) is 5.77. The van der Waals surface area contributed by atoms with Crippen molar-refractivity contribution in [1.82, 2.24) is 5.32 Å². The lowest BCUT2D eigenvalue weighted by molar-refractivity contribution is -0.121. The SMILES string of the molecule is COc1ccc(CN(C(=O)c2ccco2)c2ccc(CC(=O)NC(C)c3ccccc3)cc2)cc1. The van der Waals surface area contributed by atoms with Gasteiger partial charge in [-0.05, 0) is 60.0 Å². The normalized spacial score (nSPS) is 11.5. The molecule has 0 spiro atoms. The van der Waals surface area contributed by atoms with Crippen LogP contribution in [0.25, 0.3) is 0 Å². The number of carbonyl (C=O) groups is 2. The summed E-state index contributed by atoms with van der Waals surface area (Å²) in [6, 6.07) is 28.2. The number of carbonyl (C=O) groups excluding carboxylic acids is 2. The van der Waals surface area contributed by atoms with Gasteiger partial charge in [0.2, 0.25) is 5.91 Å². The first-order valence-corrected chi connectivity index (χ1v) is 11.4. The van der Waals surface area contributed by atoms with Crippen LogP contribution in [0, 0.1) is 0 Å². The summed E-state index contributed by atoms with van der Waals surface area (Å²) in [6.45, 7) is 2.32. The van der Waals surface area contributed by atoms with Crippen LogP contribution >= 0.6 is 0 Å². The fraction of sp³-hybridized carbons (Fsp3) is 0.172. The third-order valence-electron chi connectivity index (χ3n) is 5.77. The zero-order valence-electron chi connectivity index (χ0n) is 19.8. The number of hydrogen-bond donors (Lipinski definition) is 1. The van der Waals surface area contributed by atoms with Gasteiger partial charge in [0.1, 0.15) is 5.75 Å². The standard InChI is InChI=1S/C29H28N2O4/c1-21(24-7-4-3-5-8-24)30-28(32)19-22-10-14-25(15-11-22)31(29(33)27-9-6-18-35-27)20-23-12-16-26(34-2)17-13-23/h3-18,21H,19-20H2,1-2H3,(H,30,32). The molecule has 0 saturated carbocycles. The van der Waals surface area contributed by atoms with Crippen molar-refractivity contribution in [3.05, 3.63) is 120 Å². The first-order chi connectivity index (χ1) is 17.0. The van der Waals surface area contributed by atoms with Crippen molar-refractivity contribution >= 4 is 17.5 Å². The van der Waals surface area contributed by atoms with E-state index in [9.17, 15) is 9.59 Å². The number of rotatable bonds is 9. The molecular formula is C29H28N2O4. The van der Waals surface area contributed by atoms with Crippen LogP contribution in [0.5, 0.6) is 5.75 Å². The molecule has 4 rings (SSSR count). The van der Waals surface area contributed by atoms with Crippen LogP contribution in [0.4, 0.5) is 5.69 Å². The van der Waals surface area contributed by atoms with E-state index in [1.165, 1.54) is 6.26 Å². The quantitative estimate of drug-likeness (QED) is 0.349. The van der Waals surface area contributed by atoms with Gasteiger partial charge < -0.3 is 19.4 Å². The molecule has 1 N–H and O–H groups in total. The number of methoxy groups -OCH3 is 1. The molecule has 178 valence electrons. The van der Waals surface area contributed by atoms with Crippen molar-refractivity contribution in [3.63, 3.8) is 0 Å². The van der Waals surface area contributed by atoms with Gasteiger partial charge in [0.25, 0.3) is 5.91 Å². The number of furan rings is 1. The van der Waals surface area contributed by atoms with Gasteiger partial charge in [-0.25, -0.2) is 0 Å². The number of benzene rings is 3. The molecule has 0 bridgehead atoms. The molecule has 1 heterocycles. The lowest BCUT2D eigenvalue weighted by atomic mass is 10.1. The highest BCUT2D eigenvalue weighted by atomic mass is 16.5. The van der Waals surface area contributed by atoms with Crippen molar-refractivity contribution in [1.29, 1.82) is 0 Å². The Kier molecular flexibility index (Phi) is 7.63. The molecule has 35 heavy (non-hydrogen) atoms. The number of anilines is 1. The van der Waals surface area contributed by atoms with E-state index in [2.05, 4.69) is 5.32 Å². The van der Waals surface area contributed by atoms with Gasteiger partial charge in [0.15, 0.2) is 5.76 Å². The molecule has 0 saturated heterocycles. The molecule has 1 aromatic heterocycles. The summed E-state index contributed by atoms with van der Waals surface area (Å²) in [5.74, 6) is 0.711. The zero-order valence-corrected chi connectivity index (χ0v) is 19.8. The van der Waals surface area contributed by atoms with Crippen molar-refractivity contribution in [3.8, 4) is 5.75 Å². The molecular weight excluding hydrogens is 440 g/mol. The molecule has 1 unspecified atom stereocenters. The summed E-state index contributed by atoms with van der Waals surface area (Å²) < 4.78 is 10.6. The summed E-state index contributed by atoms with van der Waals surface area (Å²) in [5.41, 5.74) is 3.58. The van der Waals surface area contributed by atoms with Gasteiger partial charge in [0, 0.05) is 5.69 Å². The zero-order chi connectivity index (χ0) is 24.6. The predicted molar refractivity (Wildman–Crippen MR) is 135 cm³/mol. The van der Waals surface area contributed by atoms with Crippen molar-refractivity contribution < 1.29 is 18.7 Å². The van der Waals surface area contributed by atoms with Crippen LogP contribution < -0.4 is 15.0 Å². The molecule has 0 fully saturated rings. The average Bonchev–Trinajstić information content (AvgIpc) is 3.43. The highest BCUT2D eigenvalue weighted by Crippen LogP contribution is 2.23. The second-order valence-electron chi connectivity index (χ2n) is 8.26. The van der Waals surface area contributed by atoms with Gasteiger partial charge in [0.05, 0.1) is 32.4 Å². The minimum absolute atomic E-state index is 0.0594. The van der Waals surface area contributed by atoms with Crippen LogP contribution in [-0.2, 0) is 17.8 Å². The number of nitrogens with zero attached hydrogens (tertiary/aromatic N) is 1. The molecule has 2 amide bonds. The van der Waals surface area contributed by atoms with E-state index in [0.29, 0.717) is 12.2 Å². The van der Waals surface area contributed by atoms with E-state index in [0.717, 1.165) is 22.4 Å². The lowest BCUT2D eigenvalue weighted by Crippen LogP contribution is -2.30. The molecule has 0 radical (unpaired) electrons. The largest absolute Gasteiger partial charge is 0.497 e. The Hall–Kier alpha value is -4.32. The van der Waals surface area contributed by atoms with Crippen LogP contribution in [-0.4, -0.2) is 18.9 Å². The average molecular weight is 469 g/mol. The molecule has 6 nitrogen and oxygen atoms in total. The van der Waals surface area contributed by atoms with Crippen molar-refractivity contribution in [2.75, 3.05) is 12.0 Å². The maximum Gasteiger partial charge on any atom is 0.294 e. The van der Waals surface area contributed by atoms with Crippen LogP contribution in [0.1, 0.15) is 40.2 Å². The van der Waals surface area contributed by atoms with Crippen LogP contribution in [0.2, 0.25) is 0 Å².